The van der Waals surface area contributed by atoms with Gasteiger partial charge in [-0.15, -0.1) is 0 Å². The molecule has 7 heteroatoms. The number of sulfonamides is 1. The van der Waals surface area contributed by atoms with Crippen LogP contribution in [0.15, 0.2) is 35.4 Å². The highest BCUT2D eigenvalue weighted by molar-refractivity contribution is 7.92. The standard InChI is InChI=1S/C11H12FN3O2S/c1-8-11(7-13-15(8)2)18(16,17)14-10-5-3-4-9(12)6-10/h3-7,14H,1-2H3. The number of nitrogens with one attached hydrogen (secondary N) is 1. The second-order valence-electron chi connectivity index (χ2n) is 3.83. The van der Waals surface area contributed by atoms with Gasteiger partial charge in [-0.25, -0.2) is 12.8 Å². The number of rotatable bonds is 3. The van der Waals surface area contributed by atoms with Gasteiger partial charge < -0.3 is 0 Å². The molecule has 0 radical (unpaired) electrons. The molecule has 18 heavy (non-hydrogen) atoms. The fourth-order valence-corrected chi connectivity index (χ4v) is 2.76. The average Bonchev–Trinajstić information content (AvgIpc) is 2.59. The lowest BCUT2D eigenvalue weighted by atomic mass is 10.3. The van der Waals surface area contributed by atoms with E-state index < -0.39 is 15.8 Å². The Balaban J connectivity index is 2.36. The molecule has 1 aromatic carbocycles. The number of anilines is 1. The third-order valence-corrected chi connectivity index (χ3v) is 4.04. The van der Waals surface area contributed by atoms with Crippen LogP contribution in [-0.2, 0) is 17.1 Å². The Kier molecular flexibility index (Phi) is 3.08. The SMILES string of the molecule is Cc1c(S(=O)(=O)Nc2cccc(F)c2)cnn1C. The van der Waals surface area contributed by atoms with Gasteiger partial charge in [-0.1, -0.05) is 6.07 Å². The first-order chi connectivity index (χ1) is 8.40. The molecule has 0 bridgehead atoms. The van der Waals surface area contributed by atoms with E-state index in [2.05, 4.69) is 9.82 Å². The van der Waals surface area contributed by atoms with Crippen molar-refractivity contribution in [1.29, 1.82) is 0 Å². The molecule has 0 atom stereocenters. The first-order valence-electron chi connectivity index (χ1n) is 5.17. The van der Waals surface area contributed by atoms with Crippen LogP contribution in [0.25, 0.3) is 0 Å². The molecule has 1 N–H and O–H groups in total. The largest absolute Gasteiger partial charge is 0.279 e. The lowest BCUT2D eigenvalue weighted by Gasteiger charge is -2.07. The van der Waals surface area contributed by atoms with Crippen molar-refractivity contribution >= 4 is 15.7 Å². The van der Waals surface area contributed by atoms with E-state index in [1.807, 2.05) is 0 Å². The molecule has 0 spiro atoms. The molecule has 96 valence electrons. The Bertz CT molecular complexity index is 679. The molecule has 0 fully saturated rings. The molecule has 0 unspecified atom stereocenters. The number of nitrogens with zero attached hydrogens (tertiary/aromatic N) is 2. The van der Waals surface area contributed by atoms with Crippen molar-refractivity contribution in [3.05, 3.63) is 42.0 Å². The van der Waals surface area contributed by atoms with Crippen LogP contribution in [0.1, 0.15) is 5.69 Å². The Labute approximate surface area is 104 Å². The Morgan fingerprint density at radius 2 is 2.11 bits per heavy atom. The lowest BCUT2D eigenvalue weighted by Crippen LogP contribution is -2.14. The third kappa shape index (κ3) is 2.35. The summed E-state index contributed by atoms with van der Waals surface area (Å²) in [6, 6.07) is 5.27. The minimum atomic E-state index is -3.74. The molecule has 0 aliphatic rings. The van der Waals surface area contributed by atoms with E-state index in [1.54, 1.807) is 14.0 Å². The zero-order valence-corrected chi connectivity index (χ0v) is 10.7. The van der Waals surface area contributed by atoms with Crippen molar-refractivity contribution < 1.29 is 12.8 Å². The van der Waals surface area contributed by atoms with Crippen LogP contribution >= 0.6 is 0 Å². The maximum Gasteiger partial charge on any atom is 0.265 e. The van der Waals surface area contributed by atoms with Crippen LogP contribution < -0.4 is 4.72 Å². The van der Waals surface area contributed by atoms with E-state index in [0.717, 1.165) is 6.07 Å². The van der Waals surface area contributed by atoms with Crippen molar-refractivity contribution in [2.24, 2.45) is 7.05 Å². The van der Waals surface area contributed by atoms with Crippen molar-refractivity contribution in [3.8, 4) is 0 Å². The molecule has 0 aliphatic carbocycles. The summed E-state index contributed by atoms with van der Waals surface area (Å²) in [6.45, 7) is 1.65. The average molecular weight is 269 g/mol. The number of aromatic nitrogens is 2. The summed E-state index contributed by atoms with van der Waals surface area (Å²) in [5.41, 5.74) is 0.692. The molecule has 2 rings (SSSR count). The van der Waals surface area contributed by atoms with Crippen LogP contribution in [0.2, 0.25) is 0 Å². The predicted octanol–water partition coefficient (Wildman–Crippen LogP) is 1.67. The first kappa shape index (κ1) is 12.6. The molecule has 1 aromatic heterocycles. The Morgan fingerprint density at radius 1 is 1.39 bits per heavy atom. The number of hydrogen-bond acceptors (Lipinski definition) is 3. The van der Waals surface area contributed by atoms with Gasteiger partial charge in [0.1, 0.15) is 10.7 Å². The molecule has 5 nitrogen and oxygen atoms in total. The summed E-state index contributed by atoms with van der Waals surface area (Å²) < 4.78 is 40.9. The zero-order valence-electron chi connectivity index (χ0n) is 9.88. The quantitative estimate of drug-likeness (QED) is 0.921. The van der Waals surface area contributed by atoms with Crippen LogP contribution in [0.3, 0.4) is 0 Å². The molecule has 1 heterocycles. The van der Waals surface area contributed by atoms with Gasteiger partial charge in [-0.3, -0.25) is 9.40 Å². The fraction of sp³-hybridized carbons (Fsp3) is 0.182. The first-order valence-corrected chi connectivity index (χ1v) is 6.65. The molecule has 0 saturated carbocycles. The van der Waals surface area contributed by atoms with Crippen molar-refractivity contribution in [1.82, 2.24) is 9.78 Å². The Morgan fingerprint density at radius 3 is 2.67 bits per heavy atom. The van der Waals surface area contributed by atoms with Gasteiger partial charge >= 0.3 is 0 Å². The molecule has 2 aromatic rings. The highest BCUT2D eigenvalue weighted by Gasteiger charge is 2.20. The van der Waals surface area contributed by atoms with Gasteiger partial charge in [-0.2, -0.15) is 5.10 Å². The van der Waals surface area contributed by atoms with Gasteiger partial charge in [-0.05, 0) is 25.1 Å². The number of benzene rings is 1. The smallest absolute Gasteiger partial charge is 0.265 e. The fourth-order valence-electron chi connectivity index (χ4n) is 1.50. The van der Waals surface area contributed by atoms with Crippen molar-refractivity contribution in [3.63, 3.8) is 0 Å². The second-order valence-corrected chi connectivity index (χ2v) is 5.48. The van der Waals surface area contributed by atoms with Gasteiger partial charge in [0, 0.05) is 7.05 Å². The molecule has 0 aliphatic heterocycles. The zero-order chi connectivity index (χ0) is 13.3. The van der Waals surface area contributed by atoms with Crippen LogP contribution in [-0.4, -0.2) is 18.2 Å². The molecular weight excluding hydrogens is 257 g/mol. The highest BCUT2D eigenvalue weighted by atomic mass is 32.2. The van der Waals surface area contributed by atoms with Gasteiger partial charge in [0.15, 0.2) is 0 Å². The summed E-state index contributed by atoms with van der Waals surface area (Å²) >= 11 is 0. The molecule has 0 amide bonds. The maximum absolute atomic E-state index is 13.0. The van der Waals surface area contributed by atoms with Gasteiger partial charge in [0.05, 0.1) is 17.6 Å². The lowest BCUT2D eigenvalue weighted by molar-refractivity contribution is 0.600. The molecule has 0 saturated heterocycles. The highest BCUT2D eigenvalue weighted by Crippen LogP contribution is 2.18. The van der Waals surface area contributed by atoms with Crippen molar-refractivity contribution in [2.75, 3.05) is 4.72 Å². The topological polar surface area (TPSA) is 64.0 Å². The third-order valence-electron chi connectivity index (χ3n) is 2.56. The number of aryl methyl sites for hydroxylation is 1. The maximum atomic E-state index is 13.0. The number of halogens is 1. The summed E-state index contributed by atoms with van der Waals surface area (Å²) in [5, 5.41) is 3.87. The minimum Gasteiger partial charge on any atom is -0.279 e. The number of hydrogen-bond donors (Lipinski definition) is 1. The van der Waals surface area contributed by atoms with Gasteiger partial charge in [0.25, 0.3) is 10.0 Å². The van der Waals surface area contributed by atoms with Crippen molar-refractivity contribution in [2.45, 2.75) is 11.8 Å². The second kappa shape index (κ2) is 4.41. The predicted molar refractivity (Wildman–Crippen MR) is 65.2 cm³/mol. The van der Waals surface area contributed by atoms with Crippen LogP contribution in [0, 0.1) is 12.7 Å². The van der Waals surface area contributed by atoms with Gasteiger partial charge in [0.2, 0.25) is 0 Å². The van der Waals surface area contributed by atoms with Crippen LogP contribution in [0.5, 0.6) is 0 Å². The summed E-state index contributed by atoms with van der Waals surface area (Å²) in [4.78, 5) is 0.0780. The monoisotopic (exact) mass is 269 g/mol. The molecular formula is C11H12FN3O2S. The minimum absolute atomic E-state index is 0.0780. The van der Waals surface area contributed by atoms with E-state index in [9.17, 15) is 12.8 Å². The van der Waals surface area contributed by atoms with E-state index in [1.165, 1.54) is 29.1 Å². The summed E-state index contributed by atoms with van der Waals surface area (Å²) in [7, 11) is -2.09. The van der Waals surface area contributed by atoms with E-state index in [-0.39, 0.29) is 10.6 Å². The van der Waals surface area contributed by atoms with E-state index in [0.29, 0.717) is 5.69 Å². The van der Waals surface area contributed by atoms with E-state index >= 15 is 0 Å². The summed E-state index contributed by atoms with van der Waals surface area (Å²) in [6.07, 6.45) is 1.26. The Hall–Kier alpha value is -1.89. The normalized spacial score (nSPS) is 11.5. The van der Waals surface area contributed by atoms with E-state index in [4.69, 9.17) is 0 Å². The summed E-state index contributed by atoms with van der Waals surface area (Å²) in [5.74, 6) is -0.502. The van der Waals surface area contributed by atoms with Crippen LogP contribution in [0.4, 0.5) is 10.1 Å².